The van der Waals surface area contributed by atoms with Crippen molar-refractivity contribution < 1.29 is 22.3 Å². The van der Waals surface area contributed by atoms with Gasteiger partial charge in [-0.3, -0.25) is 9.69 Å². The van der Waals surface area contributed by atoms with Crippen LogP contribution >= 0.6 is 0 Å². The molecule has 24 heavy (non-hydrogen) atoms. The van der Waals surface area contributed by atoms with Gasteiger partial charge in [0.05, 0.1) is 26.0 Å². The third-order valence-electron chi connectivity index (χ3n) is 3.67. The first kappa shape index (κ1) is 18.8. The zero-order valence-electron chi connectivity index (χ0n) is 13.6. The molecular weight excluding hydrogens is 337 g/mol. The monoisotopic (exact) mass is 359 g/mol. The molecule has 1 N–H and O–H groups in total. The van der Waals surface area contributed by atoms with E-state index in [1.54, 1.807) is 6.07 Å². The summed E-state index contributed by atoms with van der Waals surface area (Å²) in [5, 5.41) is 2.50. The maximum Gasteiger partial charge on any atom is 0.239 e. The molecule has 1 saturated heterocycles. The van der Waals surface area contributed by atoms with Crippen molar-refractivity contribution in [3.05, 3.63) is 30.1 Å². The molecular formula is C15H22FN3O4S. The highest BCUT2D eigenvalue weighted by Crippen LogP contribution is 2.09. The number of hydrogen-bond acceptors (Lipinski definition) is 5. The summed E-state index contributed by atoms with van der Waals surface area (Å²) in [6, 6.07) is 5.45. The van der Waals surface area contributed by atoms with Crippen LogP contribution in [0.25, 0.3) is 0 Å². The Labute approximate surface area is 141 Å². The smallest absolute Gasteiger partial charge is 0.239 e. The summed E-state index contributed by atoms with van der Waals surface area (Å²) in [7, 11) is -3.52. The lowest BCUT2D eigenvalue weighted by Gasteiger charge is -2.29. The van der Waals surface area contributed by atoms with Crippen LogP contribution in [0.5, 0.6) is 0 Å². The fourth-order valence-corrected chi connectivity index (χ4v) is 3.13. The number of ether oxygens (including phenoxy) is 1. The molecule has 0 aromatic heterocycles. The highest BCUT2D eigenvalue weighted by Gasteiger charge is 2.21. The molecule has 1 aliphatic heterocycles. The number of sulfonamides is 1. The average Bonchev–Trinajstić information content (AvgIpc) is 2.51. The van der Waals surface area contributed by atoms with E-state index in [0.717, 1.165) is 23.7 Å². The fraction of sp³-hybridized carbons (Fsp3) is 0.533. The molecule has 1 amide bonds. The topological polar surface area (TPSA) is 79.0 Å². The minimum absolute atomic E-state index is 0.218. The minimum atomic E-state index is -3.52. The van der Waals surface area contributed by atoms with Crippen LogP contribution in [0.2, 0.25) is 0 Å². The molecule has 1 aliphatic rings. The molecule has 0 radical (unpaired) electrons. The summed E-state index contributed by atoms with van der Waals surface area (Å²) in [5.41, 5.74) is 0.293. The van der Waals surface area contributed by atoms with Crippen molar-refractivity contribution in [3.8, 4) is 0 Å². The number of benzene rings is 1. The number of rotatable bonds is 7. The lowest BCUT2D eigenvalue weighted by Crippen LogP contribution is -2.45. The van der Waals surface area contributed by atoms with Crippen LogP contribution in [0.4, 0.5) is 10.1 Å². The highest BCUT2D eigenvalue weighted by molar-refractivity contribution is 7.88. The van der Waals surface area contributed by atoms with Gasteiger partial charge in [0.25, 0.3) is 0 Å². The average molecular weight is 359 g/mol. The predicted octanol–water partition coefficient (Wildman–Crippen LogP) is 0.358. The molecule has 7 nitrogen and oxygen atoms in total. The Kier molecular flexibility index (Phi) is 6.67. The Hall–Kier alpha value is -1.55. The molecule has 1 aromatic rings. The molecule has 0 bridgehead atoms. The summed E-state index contributed by atoms with van der Waals surface area (Å²) in [4.78, 5) is 14.1. The SMILES string of the molecule is CS(=O)(=O)N(CCN1CCOCC1)CC(=O)Nc1cccc(F)c1. The van der Waals surface area contributed by atoms with Crippen molar-refractivity contribution in [1.29, 1.82) is 0 Å². The second kappa shape index (κ2) is 8.52. The Balaban J connectivity index is 1.91. The van der Waals surface area contributed by atoms with E-state index in [1.807, 2.05) is 0 Å². The van der Waals surface area contributed by atoms with Crippen LogP contribution in [0, 0.1) is 5.82 Å². The lowest BCUT2D eigenvalue weighted by atomic mass is 10.3. The second-order valence-electron chi connectivity index (χ2n) is 5.61. The van der Waals surface area contributed by atoms with Gasteiger partial charge in [-0.2, -0.15) is 4.31 Å². The van der Waals surface area contributed by atoms with Gasteiger partial charge in [0.1, 0.15) is 5.82 Å². The first-order chi connectivity index (χ1) is 11.3. The number of carbonyl (C=O) groups excluding carboxylic acids is 1. The minimum Gasteiger partial charge on any atom is -0.379 e. The summed E-state index contributed by atoms with van der Waals surface area (Å²) in [6.45, 7) is 3.18. The number of halogens is 1. The Morgan fingerprint density at radius 1 is 1.38 bits per heavy atom. The van der Waals surface area contributed by atoms with Gasteiger partial charge in [-0.1, -0.05) is 6.07 Å². The number of nitrogens with one attached hydrogen (secondary N) is 1. The summed E-state index contributed by atoms with van der Waals surface area (Å²) in [6.07, 6.45) is 1.07. The molecule has 0 saturated carbocycles. The molecule has 1 heterocycles. The summed E-state index contributed by atoms with van der Waals surface area (Å²) >= 11 is 0. The first-order valence-corrected chi connectivity index (χ1v) is 9.50. The third-order valence-corrected chi connectivity index (χ3v) is 4.92. The number of carbonyl (C=O) groups is 1. The van der Waals surface area contributed by atoms with Crippen LogP contribution in [-0.4, -0.2) is 75.7 Å². The zero-order chi connectivity index (χ0) is 17.6. The largest absolute Gasteiger partial charge is 0.379 e. The number of hydrogen-bond donors (Lipinski definition) is 1. The quantitative estimate of drug-likeness (QED) is 0.760. The molecule has 9 heteroatoms. The van der Waals surface area contributed by atoms with Crippen LogP contribution in [0.3, 0.4) is 0 Å². The van der Waals surface area contributed by atoms with Crippen molar-refractivity contribution in [2.45, 2.75) is 0 Å². The van der Waals surface area contributed by atoms with E-state index in [2.05, 4.69) is 10.2 Å². The van der Waals surface area contributed by atoms with Gasteiger partial charge in [-0.25, -0.2) is 12.8 Å². The lowest BCUT2D eigenvalue weighted by molar-refractivity contribution is -0.116. The van der Waals surface area contributed by atoms with Gasteiger partial charge >= 0.3 is 0 Å². The summed E-state index contributed by atoms with van der Waals surface area (Å²) < 4.78 is 43.3. The molecule has 0 unspecified atom stereocenters. The van der Waals surface area contributed by atoms with E-state index in [-0.39, 0.29) is 13.1 Å². The van der Waals surface area contributed by atoms with Crippen molar-refractivity contribution in [1.82, 2.24) is 9.21 Å². The normalized spacial score (nSPS) is 16.3. The van der Waals surface area contributed by atoms with E-state index in [0.29, 0.717) is 25.4 Å². The van der Waals surface area contributed by atoms with Crippen molar-refractivity contribution >= 4 is 21.6 Å². The third kappa shape index (κ3) is 6.16. The van der Waals surface area contributed by atoms with E-state index < -0.39 is 21.7 Å². The summed E-state index contributed by atoms with van der Waals surface area (Å²) in [5.74, 6) is -0.979. The number of nitrogens with zero attached hydrogens (tertiary/aromatic N) is 2. The van der Waals surface area contributed by atoms with Crippen LogP contribution < -0.4 is 5.32 Å². The molecule has 0 spiro atoms. The molecule has 2 rings (SSSR count). The molecule has 134 valence electrons. The van der Waals surface area contributed by atoms with E-state index in [9.17, 15) is 17.6 Å². The van der Waals surface area contributed by atoms with Gasteiger partial charge < -0.3 is 10.1 Å². The van der Waals surface area contributed by atoms with Crippen molar-refractivity contribution in [2.24, 2.45) is 0 Å². The predicted molar refractivity (Wildman–Crippen MR) is 88.7 cm³/mol. The van der Waals surface area contributed by atoms with Crippen LogP contribution in [0.15, 0.2) is 24.3 Å². The van der Waals surface area contributed by atoms with E-state index in [4.69, 9.17) is 4.74 Å². The van der Waals surface area contributed by atoms with Gasteiger partial charge in [-0.05, 0) is 18.2 Å². The second-order valence-corrected chi connectivity index (χ2v) is 7.59. The zero-order valence-corrected chi connectivity index (χ0v) is 14.4. The Bertz CT molecular complexity index is 662. The molecule has 0 atom stereocenters. The maximum atomic E-state index is 13.1. The van der Waals surface area contributed by atoms with Gasteiger partial charge in [0, 0.05) is 31.9 Å². The van der Waals surface area contributed by atoms with Crippen molar-refractivity contribution in [3.63, 3.8) is 0 Å². The van der Waals surface area contributed by atoms with Crippen molar-refractivity contribution in [2.75, 3.05) is 57.5 Å². The highest BCUT2D eigenvalue weighted by atomic mass is 32.2. The van der Waals surface area contributed by atoms with Gasteiger partial charge in [-0.15, -0.1) is 0 Å². The Morgan fingerprint density at radius 2 is 2.08 bits per heavy atom. The fourth-order valence-electron chi connectivity index (χ4n) is 2.37. The Morgan fingerprint density at radius 3 is 2.71 bits per heavy atom. The van der Waals surface area contributed by atoms with Crippen LogP contribution in [0.1, 0.15) is 0 Å². The maximum absolute atomic E-state index is 13.1. The standard InChI is InChI=1S/C15H22FN3O4S/c1-24(21,22)19(6-5-18-7-9-23-10-8-18)12-15(20)17-14-4-2-3-13(16)11-14/h2-4,11H,5-10,12H2,1H3,(H,17,20). The van der Waals surface area contributed by atoms with E-state index in [1.165, 1.54) is 18.2 Å². The number of anilines is 1. The van der Waals surface area contributed by atoms with Crippen LogP contribution in [-0.2, 0) is 19.6 Å². The number of morpholine rings is 1. The molecule has 1 fully saturated rings. The molecule has 0 aliphatic carbocycles. The number of amides is 1. The molecule has 1 aromatic carbocycles. The van der Waals surface area contributed by atoms with Gasteiger partial charge in [0.15, 0.2) is 0 Å². The van der Waals surface area contributed by atoms with Gasteiger partial charge in [0.2, 0.25) is 15.9 Å². The first-order valence-electron chi connectivity index (χ1n) is 7.65. The van der Waals surface area contributed by atoms with E-state index >= 15 is 0 Å².